The third-order valence-corrected chi connectivity index (χ3v) is 18.6. The summed E-state index contributed by atoms with van der Waals surface area (Å²) in [5.41, 5.74) is 7.00. The Hall–Kier alpha value is -2.61. The number of ether oxygens (including phenoxy) is 2. The van der Waals surface area contributed by atoms with Gasteiger partial charge in [-0.25, -0.2) is 4.79 Å². The second kappa shape index (κ2) is 15.7. The number of hydrogen-bond acceptors (Lipinski definition) is 10. The van der Waals surface area contributed by atoms with E-state index >= 15 is 0 Å². The number of Topliss-reactive ketones (excluding diaryl/α,β-unsaturated/α-hetero) is 1. The van der Waals surface area contributed by atoms with E-state index in [0.29, 0.717) is 6.21 Å². The summed E-state index contributed by atoms with van der Waals surface area (Å²) in [7, 11) is -3.79. The van der Waals surface area contributed by atoms with Crippen molar-refractivity contribution < 1.29 is 37.8 Å². The highest BCUT2D eigenvalue weighted by atomic mass is 28.4. The molecule has 4 N–H and O–H groups in total. The SMILES string of the molecule is CN[C@@H](C(=O)N[C@H](COC(C)(C)C)C(=O)C=[N+]=[N-])[C@H](O)[C@H]1O[C@@H](n2ccc(=O)[nH]c2=O)[C@H](O[Si](C)(C)C(C)(C)C)[C@@H]1O[Si](C)(C)C(C)(C)C. The lowest BCUT2D eigenvalue weighted by atomic mass is 9.98. The Morgan fingerprint density at radius 1 is 1.04 bits per heavy atom. The van der Waals surface area contributed by atoms with E-state index in [4.69, 9.17) is 23.9 Å². The van der Waals surface area contributed by atoms with E-state index in [2.05, 4.69) is 61.9 Å². The van der Waals surface area contributed by atoms with Crippen LogP contribution in [0.4, 0.5) is 0 Å². The predicted octanol–water partition coefficient (Wildman–Crippen LogP) is 2.33. The molecule has 0 bridgehead atoms. The van der Waals surface area contributed by atoms with E-state index in [1.165, 1.54) is 23.9 Å². The standard InChI is InChI=1S/C32H58N6O9Si2/c1-30(2,3)44-18-19(20(39)17-35-33)36-27(42)22(34-10)23(41)24-25(46-48(11,12)31(4,5)6)26(47-49(13,14)32(7,8)9)28(45-24)38-16-15-21(40)37-29(38)43/h15-17,19,22-26,28,34,41H,18H2,1-14H3,(H,36,42)(H,37,40,43)/t19-,22-,23+,24-,25-,26-,28-/m1/s1. The molecule has 1 fully saturated rings. The summed E-state index contributed by atoms with van der Waals surface area (Å²) in [5.74, 6) is -1.49. The van der Waals surface area contributed by atoms with Crippen LogP contribution in [0.3, 0.4) is 0 Å². The van der Waals surface area contributed by atoms with Crippen molar-refractivity contribution in [2.75, 3.05) is 13.7 Å². The second-order valence-electron chi connectivity index (χ2n) is 16.6. The summed E-state index contributed by atoms with van der Waals surface area (Å²) in [6.45, 7) is 25.7. The molecule has 1 amide bonds. The van der Waals surface area contributed by atoms with Crippen LogP contribution in [-0.2, 0) is 27.9 Å². The minimum absolute atomic E-state index is 0.233. The molecule has 0 aliphatic carbocycles. The van der Waals surface area contributed by atoms with Gasteiger partial charge in [0.25, 0.3) is 11.3 Å². The maximum Gasteiger partial charge on any atom is 0.330 e. The van der Waals surface area contributed by atoms with Crippen molar-refractivity contribution in [3.8, 4) is 0 Å². The van der Waals surface area contributed by atoms with E-state index < -0.39 is 87.9 Å². The Morgan fingerprint density at radius 2 is 1.57 bits per heavy atom. The van der Waals surface area contributed by atoms with Gasteiger partial charge in [0.1, 0.15) is 36.5 Å². The van der Waals surface area contributed by atoms with Gasteiger partial charge in [-0.2, -0.15) is 4.79 Å². The van der Waals surface area contributed by atoms with Gasteiger partial charge in [-0.15, -0.1) is 0 Å². The van der Waals surface area contributed by atoms with Gasteiger partial charge in [0, 0.05) is 12.3 Å². The number of amides is 1. The fraction of sp³-hybridized carbons (Fsp3) is 0.781. The first kappa shape index (κ1) is 42.6. The van der Waals surface area contributed by atoms with Gasteiger partial charge in [-0.05, 0) is 64.1 Å². The number of hydrogen-bond donors (Lipinski definition) is 4. The molecule has 49 heavy (non-hydrogen) atoms. The van der Waals surface area contributed by atoms with E-state index in [1.54, 1.807) is 20.8 Å². The molecule has 1 saturated heterocycles. The van der Waals surface area contributed by atoms with Gasteiger partial charge in [0.05, 0.1) is 12.2 Å². The van der Waals surface area contributed by atoms with Crippen LogP contribution >= 0.6 is 0 Å². The van der Waals surface area contributed by atoms with Crippen molar-refractivity contribution in [3.63, 3.8) is 0 Å². The average Bonchev–Trinajstić information content (AvgIpc) is 3.25. The molecule has 0 aromatic carbocycles. The van der Waals surface area contributed by atoms with Crippen LogP contribution in [0.25, 0.3) is 5.53 Å². The minimum atomic E-state index is -2.65. The zero-order valence-electron chi connectivity index (χ0n) is 31.5. The number of nitrogens with zero attached hydrogens (tertiary/aromatic N) is 3. The van der Waals surface area contributed by atoms with Crippen LogP contribution < -0.4 is 21.9 Å². The van der Waals surface area contributed by atoms with Gasteiger partial charge in [-0.3, -0.25) is 23.9 Å². The van der Waals surface area contributed by atoms with Crippen LogP contribution in [0.2, 0.25) is 36.3 Å². The number of aliphatic hydroxyl groups excluding tert-OH is 1. The van der Waals surface area contributed by atoms with E-state index in [0.717, 1.165) is 0 Å². The number of aromatic nitrogens is 2. The fourth-order valence-electron chi connectivity index (χ4n) is 4.67. The summed E-state index contributed by atoms with van der Waals surface area (Å²) in [6, 6.07) is -1.40. The molecular formula is C32H58N6O9Si2. The van der Waals surface area contributed by atoms with E-state index in [-0.39, 0.29) is 16.7 Å². The highest BCUT2D eigenvalue weighted by Crippen LogP contribution is 2.46. The van der Waals surface area contributed by atoms with Crippen molar-refractivity contribution in [2.45, 2.75) is 147 Å². The Kier molecular flexibility index (Phi) is 13.7. The maximum absolute atomic E-state index is 13.8. The number of rotatable bonds is 14. The molecule has 1 aliphatic heterocycles. The van der Waals surface area contributed by atoms with Crippen LogP contribution in [0.15, 0.2) is 21.9 Å². The average molecular weight is 727 g/mol. The summed E-state index contributed by atoms with van der Waals surface area (Å²) >= 11 is 0. The molecule has 1 aromatic heterocycles. The number of ketones is 1. The van der Waals surface area contributed by atoms with Crippen molar-refractivity contribution in [3.05, 3.63) is 38.6 Å². The van der Waals surface area contributed by atoms with Gasteiger partial charge < -0.3 is 39.6 Å². The molecule has 1 aromatic rings. The summed E-state index contributed by atoms with van der Waals surface area (Å²) in [4.78, 5) is 56.8. The van der Waals surface area contributed by atoms with Crippen LogP contribution in [0, 0.1) is 0 Å². The highest BCUT2D eigenvalue weighted by molar-refractivity contribution is 6.74. The molecule has 0 spiro atoms. The molecule has 1 aliphatic rings. The number of H-pyrrole nitrogens is 1. The van der Waals surface area contributed by atoms with Gasteiger partial charge in [-0.1, -0.05) is 41.5 Å². The Morgan fingerprint density at radius 3 is 2.02 bits per heavy atom. The Balaban J connectivity index is 2.71. The Bertz CT molecular complexity index is 1490. The molecule has 0 radical (unpaired) electrons. The normalized spacial score (nSPS) is 22.6. The van der Waals surface area contributed by atoms with Crippen molar-refractivity contribution in [2.24, 2.45) is 0 Å². The lowest BCUT2D eigenvalue weighted by Crippen LogP contribution is -2.61. The molecule has 278 valence electrons. The fourth-order valence-corrected chi connectivity index (χ4v) is 7.25. The van der Waals surface area contributed by atoms with Crippen molar-refractivity contribution in [1.82, 2.24) is 20.2 Å². The smallest absolute Gasteiger partial charge is 0.330 e. The zero-order valence-corrected chi connectivity index (χ0v) is 33.5. The Labute approximate surface area is 291 Å². The second-order valence-corrected chi connectivity index (χ2v) is 26.1. The molecular weight excluding hydrogens is 669 g/mol. The highest BCUT2D eigenvalue weighted by Gasteiger charge is 2.57. The first-order valence-electron chi connectivity index (χ1n) is 16.5. The molecule has 15 nitrogen and oxygen atoms in total. The van der Waals surface area contributed by atoms with E-state index in [1.807, 2.05) is 26.2 Å². The molecule has 0 saturated carbocycles. The summed E-state index contributed by atoms with van der Waals surface area (Å²) < 4.78 is 27.4. The monoisotopic (exact) mass is 726 g/mol. The number of carbonyl (C=O) groups excluding carboxylic acids is 2. The summed E-state index contributed by atoms with van der Waals surface area (Å²) in [6.07, 6.45) is -3.91. The largest absolute Gasteiger partial charge is 0.408 e. The van der Waals surface area contributed by atoms with Crippen LogP contribution in [0.5, 0.6) is 0 Å². The van der Waals surface area contributed by atoms with Crippen LogP contribution in [0.1, 0.15) is 68.5 Å². The van der Waals surface area contributed by atoms with Crippen LogP contribution in [-0.4, -0.2) is 110 Å². The molecule has 2 rings (SSSR count). The van der Waals surface area contributed by atoms with E-state index in [9.17, 15) is 24.3 Å². The lowest BCUT2D eigenvalue weighted by Gasteiger charge is -2.44. The maximum atomic E-state index is 13.8. The van der Waals surface area contributed by atoms with Crippen molar-refractivity contribution in [1.29, 1.82) is 0 Å². The molecule has 17 heteroatoms. The molecule has 0 unspecified atom stereocenters. The quantitative estimate of drug-likeness (QED) is 0.0953. The number of nitrogens with one attached hydrogen (secondary N) is 3. The number of aliphatic hydroxyl groups is 1. The number of carbonyl (C=O) groups is 2. The number of likely N-dealkylation sites (N-methyl/N-ethyl adjacent to an activating group) is 1. The zero-order chi connectivity index (χ0) is 37.9. The van der Waals surface area contributed by atoms with Gasteiger partial charge in [0.2, 0.25) is 5.91 Å². The molecule has 7 atom stereocenters. The summed E-state index contributed by atoms with van der Waals surface area (Å²) in [5, 5.41) is 16.9. The molecule has 2 heterocycles. The first-order chi connectivity index (χ1) is 22.2. The lowest BCUT2D eigenvalue weighted by molar-refractivity contribution is -0.137. The minimum Gasteiger partial charge on any atom is -0.408 e. The topological polar surface area (TPSA) is 207 Å². The number of aromatic amines is 1. The third-order valence-electron chi connectivity index (χ3n) is 9.62. The first-order valence-corrected chi connectivity index (χ1v) is 22.3. The predicted molar refractivity (Wildman–Crippen MR) is 191 cm³/mol. The third kappa shape index (κ3) is 10.7. The van der Waals surface area contributed by atoms with Crippen molar-refractivity contribution >= 4 is 34.5 Å². The van der Waals surface area contributed by atoms with Gasteiger partial charge >= 0.3 is 11.9 Å². The van der Waals surface area contributed by atoms with Gasteiger partial charge in [0.15, 0.2) is 22.9 Å².